The molecule has 2 heterocycles. The number of fused-ring (bicyclic) bond motifs is 1. The van der Waals surface area contributed by atoms with Crippen LogP contribution in [0.15, 0.2) is 42.7 Å². The Balaban J connectivity index is 1.54. The maximum Gasteiger partial charge on any atom is 0.242 e. The van der Waals surface area contributed by atoms with E-state index in [0.717, 1.165) is 18.4 Å². The van der Waals surface area contributed by atoms with E-state index in [4.69, 9.17) is 11.6 Å². The molecule has 0 saturated heterocycles. The summed E-state index contributed by atoms with van der Waals surface area (Å²) in [6.45, 7) is 0.0674. The average Bonchev–Trinajstić information content (AvgIpc) is 3.03. The van der Waals surface area contributed by atoms with E-state index >= 15 is 0 Å². The van der Waals surface area contributed by atoms with Crippen molar-refractivity contribution in [3.63, 3.8) is 0 Å². The Morgan fingerprint density at radius 2 is 1.89 bits per heavy atom. The van der Waals surface area contributed by atoms with Crippen LogP contribution in [0.1, 0.15) is 43.7 Å². The number of amides is 1. The number of nitrogens with zero attached hydrogens (tertiary/aromatic N) is 4. The third-order valence-corrected chi connectivity index (χ3v) is 5.47. The lowest BCUT2D eigenvalue weighted by Crippen LogP contribution is -2.36. The van der Waals surface area contributed by atoms with Crippen molar-refractivity contribution in [2.24, 2.45) is 5.92 Å². The van der Waals surface area contributed by atoms with Gasteiger partial charge in [0.1, 0.15) is 12.1 Å². The van der Waals surface area contributed by atoms with Crippen molar-refractivity contribution < 1.29 is 4.79 Å². The predicted octanol–water partition coefficient (Wildman–Crippen LogP) is 3.92. The molecule has 0 spiro atoms. The molecule has 3 aromatic rings. The topological polar surface area (TPSA) is 72.7 Å². The summed E-state index contributed by atoms with van der Waals surface area (Å²) in [7, 11) is 0. The van der Waals surface area contributed by atoms with Gasteiger partial charge >= 0.3 is 0 Å². The lowest BCUT2D eigenvalue weighted by atomic mass is 9.81. The lowest BCUT2D eigenvalue weighted by Gasteiger charge is -2.31. The van der Waals surface area contributed by atoms with Crippen LogP contribution in [0.4, 0.5) is 0 Å². The Kier molecular flexibility index (Phi) is 5.34. The number of hydrogen-bond acceptors (Lipinski definition) is 4. The van der Waals surface area contributed by atoms with Crippen LogP contribution in [0.2, 0.25) is 5.15 Å². The van der Waals surface area contributed by atoms with E-state index in [1.807, 2.05) is 18.2 Å². The van der Waals surface area contributed by atoms with E-state index in [0.29, 0.717) is 17.1 Å². The van der Waals surface area contributed by atoms with Gasteiger partial charge in [-0.1, -0.05) is 61.2 Å². The number of aromatic nitrogens is 4. The highest BCUT2D eigenvalue weighted by Crippen LogP contribution is 2.34. The van der Waals surface area contributed by atoms with Crippen LogP contribution in [0.5, 0.6) is 0 Å². The number of nitrogens with one attached hydrogen (secondary N) is 1. The van der Waals surface area contributed by atoms with E-state index in [1.54, 1.807) is 12.4 Å². The van der Waals surface area contributed by atoms with Crippen molar-refractivity contribution in [1.82, 2.24) is 25.1 Å². The fourth-order valence-electron chi connectivity index (χ4n) is 3.93. The van der Waals surface area contributed by atoms with Gasteiger partial charge in [0.15, 0.2) is 10.8 Å². The molecule has 1 aliphatic rings. The highest BCUT2D eigenvalue weighted by molar-refractivity contribution is 6.33. The Morgan fingerprint density at radius 1 is 1.15 bits per heavy atom. The number of carbonyl (C=O) groups excluding carboxylic acids is 1. The molecule has 2 aromatic heterocycles. The first-order valence-corrected chi connectivity index (χ1v) is 9.77. The molecular weight excluding hydrogens is 362 g/mol. The van der Waals surface area contributed by atoms with Crippen molar-refractivity contribution in [2.75, 3.05) is 0 Å². The third-order valence-electron chi connectivity index (χ3n) is 5.22. The van der Waals surface area contributed by atoms with E-state index in [-0.39, 0.29) is 23.6 Å². The highest BCUT2D eigenvalue weighted by Gasteiger charge is 2.27. The van der Waals surface area contributed by atoms with Gasteiger partial charge < -0.3 is 5.32 Å². The molecule has 1 unspecified atom stereocenters. The number of rotatable bonds is 5. The summed E-state index contributed by atoms with van der Waals surface area (Å²) in [4.78, 5) is 21.3. The molecule has 7 heteroatoms. The van der Waals surface area contributed by atoms with Crippen LogP contribution < -0.4 is 5.32 Å². The first-order chi connectivity index (χ1) is 13.2. The smallest absolute Gasteiger partial charge is 0.242 e. The molecule has 1 aromatic carbocycles. The van der Waals surface area contributed by atoms with Gasteiger partial charge in [-0.2, -0.15) is 5.10 Å². The number of hydrogen-bond donors (Lipinski definition) is 1. The van der Waals surface area contributed by atoms with Crippen LogP contribution in [-0.2, 0) is 11.3 Å². The van der Waals surface area contributed by atoms with Crippen LogP contribution in [0.25, 0.3) is 11.2 Å². The zero-order valence-electron chi connectivity index (χ0n) is 15.0. The SMILES string of the molecule is O=C(Cn1nc(Cl)c2nccnc21)NC(c1ccccc1)C1CCCCC1. The summed E-state index contributed by atoms with van der Waals surface area (Å²) in [6, 6.07) is 10.2. The molecule has 4 rings (SSSR count). The van der Waals surface area contributed by atoms with Gasteiger partial charge in [0.2, 0.25) is 5.91 Å². The lowest BCUT2D eigenvalue weighted by molar-refractivity contribution is -0.123. The standard InChI is InChI=1S/C20H22ClN5O/c21-19-18-20(23-12-11-22-18)26(25-19)13-16(27)24-17(14-7-3-1-4-8-14)15-9-5-2-6-10-15/h1,3-4,7-8,11-12,15,17H,2,5-6,9-10,13H2,(H,24,27). The van der Waals surface area contributed by atoms with Gasteiger partial charge in [-0.3, -0.25) is 4.79 Å². The average molecular weight is 384 g/mol. The second-order valence-electron chi connectivity index (χ2n) is 7.03. The fraction of sp³-hybridized carbons (Fsp3) is 0.400. The number of halogens is 1. The fourth-order valence-corrected chi connectivity index (χ4v) is 4.16. The highest BCUT2D eigenvalue weighted by atomic mass is 35.5. The molecule has 0 aliphatic heterocycles. The van der Waals surface area contributed by atoms with Gasteiger partial charge in [0.05, 0.1) is 6.04 Å². The Hall–Kier alpha value is -2.47. The summed E-state index contributed by atoms with van der Waals surface area (Å²) in [5.74, 6) is 0.365. The normalized spacial score (nSPS) is 16.3. The van der Waals surface area contributed by atoms with E-state index < -0.39 is 0 Å². The molecule has 1 amide bonds. The Labute approximate surface area is 163 Å². The van der Waals surface area contributed by atoms with Gasteiger partial charge in [-0.05, 0) is 24.3 Å². The summed E-state index contributed by atoms with van der Waals surface area (Å²) in [5.41, 5.74) is 2.19. The zero-order valence-corrected chi connectivity index (χ0v) is 15.8. The second kappa shape index (κ2) is 8.05. The van der Waals surface area contributed by atoms with Crippen molar-refractivity contribution >= 4 is 28.7 Å². The van der Waals surface area contributed by atoms with Crippen LogP contribution in [0.3, 0.4) is 0 Å². The van der Waals surface area contributed by atoms with Gasteiger partial charge in [0, 0.05) is 12.4 Å². The minimum absolute atomic E-state index is 0.0161. The third kappa shape index (κ3) is 3.95. The first kappa shape index (κ1) is 17.9. The molecule has 1 fully saturated rings. The van der Waals surface area contributed by atoms with Crippen molar-refractivity contribution in [1.29, 1.82) is 0 Å². The molecule has 0 bridgehead atoms. The molecule has 6 nitrogen and oxygen atoms in total. The molecule has 27 heavy (non-hydrogen) atoms. The molecule has 1 N–H and O–H groups in total. The largest absolute Gasteiger partial charge is 0.347 e. The predicted molar refractivity (Wildman–Crippen MR) is 104 cm³/mol. The van der Waals surface area contributed by atoms with Crippen LogP contribution >= 0.6 is 11.6 Å². The van der Waals surface area contributed by atoms with Gasteiger partial charge in [-0.15, -0.1) is 0 Å². The molecular formula is C20H22ClN5O. The summed E-state index contributed by atoms with van der Waals surface area (Å²) in [5, 5.41) is 7.71. The Morgan fingerprint density at radius 3 is 2.67 bits per heavy atom. The quantitative estimate of drug-likeness (QED) is 0.724. The molecule has 0 radical (unpaired) electrons. The summed E-state index contributed by atoms with van der Waals surface area (Å²) < 4.78 is 1.52. The number of benzene rings is 1. The summed E-state index contributed by atoms with van der Waals surface area (Å²) >= 11 is 6.12. The molecule has 1 aliphatic carbocycles. The minimum atomic E-state index is -0.0962. The minimum Gasteiger partial charge on any atom is -0.347 e. The second-order valence-corrected chi connectivity index (χ2v) is 7.39. The van der Waals surface area contributed by atoms with E-state index in [2.05, 4.69) is 32.5 Å². The maximum absolute atomic E-state index is 12.8. The van der Waals surface area contributed by atoms with Gasteiger partial charge in [-0.25, -0.2) is 14.6 Å². The number of carbonyl (C=O) groups is 1. The van der Waals surface area contributed by atoms with Crippen molar-refractivity contribution in [3.8, 4) is 0 Å². The van der Waals surface area contributed by atoms with Crippen LogP contribution in [0, 0.1) is 5.92 Å². The van der Waals surface area contributed by atoms with Gasteiger partial charge in [0.25, 0.3) is 0 Å². The zero-order chi connectivity index (χ0) is 18.6. The van der Waals surface area contributed by atoms with Crippen LogP contribution in [-0.4, -0.2) is 25.7 Å². The monoisotopic (exact) mass is 383 g/mol. The van der Waals surface area contributed by atoms with Crippen molar-refractivity contribution in [2.45, 2.75) is 44.7 Å². The van der Waals surface area contributed by atoms with E-state index in [1.165, 1.54) is 23.9 Å². The van der Waals surface area contributed by atoms with Crippen molar-refractivity contribution in [3.05, 3.63) is 53.4 Å². The molecule has 140 valence electrons. The molecule has 1 atom stereocenters. The first-order valence-electron chi connectivity index (χ1n) is 9.39. The summed E-state index contributed by atoms with van der Waals surface area (Å²) in [6.07, 6.45) is 9.14. The Bertz CT molecular complexity index is 921. The molecule has 1 saturated carbocycles. The maximum atomic E-state index is 12.8. The van der Waals surface area contributed by atoms with E-state index in [9.17, 15) is 4.79 Å².